The van der Waals surface area contributed by atoms with Crippen molar-refractivity contribution in [2.45, 2.75) is 44.1 Å². The number of benzene rings is 1. The molecule has 0 atom stereocenters. The van der Waals surface area contributed by atoms with E-state index in [-0.39, 0.29) is 4.75 Å². The van der Waals surface area contributed by atoms with Gasteiger partial charge in [-0.15, -0.1) is 11.8 Å². The molecule has 0 aliphatic heterocycles. The first kappa shape index (κ1) is 14.9. The zero-order chi connectivity index (χ0) is 14.6. The molecule has 0 saturated heterocycles. The Hall–Kier alpha value is -1.49. The van der Waals surface area contributed by atoms with Crippen LogP contribution in [0.5, 0.6) is 0 Å². The highest BCUT2D eigenvalue weighted by atomic mass is 32.2. The van der Waals surface area contributed by atoms with Gasteiger partial charge in [-0.1, -0.05) is 38.1 Å². The molecule has 0 bridgehead atoms. The van der Waals surface area contributed by atoms with Crippen molar-refractivity contribution in [3.63, 3.8) is 0 Å². The first-order valence-electron chi connectivity index (χ1n) is 6.72. The van der Waals surface area contributed by atoms with Crippen molar-refractivity contribution >= 4 is 17.4 Å². The van der Waals surface area contributed by atoms with Crippen LogP contribution in [0.4, 0.5) is 5.69 Å². The molecule has 0 aliphatic rings. The Morgan fingerprint density at radius 2 is 1.85 bits per heavy atom. The van der Waals surface area contributed by atoms with Gasteiger partial charge in [0.1, 0.15) is 0 Å². The van der Waals surface area contributed by atoms with E-state index in [1.54, 1.807) is 0 Å². The topological polar surface area (TPSA) is 64.9 Å². The van der Waals surface area contributed by atoms with Crippen LogP contribution in [0.25, 0.3) is 0 Å². The molecule has 0 saturated carbocycles. The minimum absolute atomic E-state index is 0.213. The first-order chi connectivity index (χ1) is 9.42. The lowest BCUT2D eigenvalue weighted by molar-refractivity contribution is 0.374. The maximum Gasteiger partial charge on any atom is 0.227 e. The average molecular weight is 291 g/mol. The summed E-state index contributed by atoms with van der Waals surface area (Å²) in [6.07, 6.45) is 1.64. The number of rotatable bonds is 5. The van der Waals surface area contributed by atoms with Gasteiger partial charge in [0.2, 0.25) is 5.89 Å². The summed E-state index contributed by atoms with van der Waals surface area (Å²) < 4.78 is 5.49. The second-order valence-electron chi connectivity index (χ2n) is 5.75. The zero-order valence-corrected chi connectivity index (χ0v) is 13.0. The molecule has 2 aromatic rings. The van der Waals surface area contributed by atoms with E-state index in [9.17, 15) is 0 Å². The molecule has 2 N–H and O–H groups in total. The summed E-state index contributed by atoms with van der Waals surface area (Å²) in [5, 5.41) is 4.02. The quantitative estimate of drug-likeness (QED) is 0.854. The number of hydrogen-bond acceptors (Lipinski definition) is 5. The highest BCUT2D eigenvalue weighted by molar-refractivity contribution is 7.99. The average Bonchev–Trinajstić information content (AvgIpc) is 2.83. The number of nitrogens with two attached hydrogens (primary N) is 1. The van der Waals surface area contributed by atoms with Crippen LogP contribution in [0, 0.1) is 0 Å². The van der Waals surface area contributed by atoms with Crippen molar-refractivity contribution in [3.8, 4) is 0 Å². The van der Waals surface area contributed by atoms with Crippen LogP contribution in [-0.4, -0.2) is 14.9 Å². The molecule has 0 spiro atoms. The van der Waals surface area contributed by atoms with Crippen LogP contribution in [0.2, 0.25) is 0 Å². The Kier molecular flexibility index (Phi) is 4.70. The number of aryl methyl sites for hydroxylation is 2. The molecular weight excluding hydrogens is 270 g/mol. The Morgan fingerprint density at radius 3 is 2.50 bits per heavy atom. The van der Waals surface area contributed by atoms with Gasteiger partial charge >= 0.3 is 0 Å². The summed E-state index contributed by atoms with van der Waals surface area (Å²) in [5.41, 5.74) is 7.67. The normalized spacial score (nSPS) is 11.8. The summed E-state index contributed by atoms with van der Waals surface area (Å²) in [7, 11) is 0. The Labute approximate surface area is 124 Å². The number of hydrogen-bond donors (Lipinski definition) is 1. The van der Waals surface area contributed by atoms with E-state index in [0.29, 0.717) is 5.89 Å². The third-order valence-corrected chi connectivity index (χ3v) is 4.02. The Morgan fingerprint density at radius 1 is 1.15 bits per heavy atom. The van der Waals surface area contributed by atoms with Gasteiger partial charge in [0.25, 0.3) is 0 Å². The molecule has 5 heteroatoms. The van der Waals surface area contributed by atoms with Crippen molar-refractivity contribution in [1.82, 2.24) is 10.1 Å². The molecule has 0 unspecified atom stereocenters. The fourth-order valence-electron chi connectivity index (χ4n) is 1.67. The fraction of sp³-hybridized carbons (Fsp3) is 0.467. The third-order valence-electron chi connectivity index (χ3n) is 2.75. The summed E-state index contributed by atoms with van der Waals surface area (Å²) in [6.45, 7) is 6.54. The van der Waals surface area contributed by atoms with Crippen molar-refractivity contribution in [1.29, 1.82) is 0 Å². The molecule has 1 aromatic carbocycles. The smallest absolute Gasteiger partial charge is 0.227 e. The second-order valence-corrected chi connectivity index (χ2v) is 7.55. The van der Waals surface area contributed by atoms with Gasteiger partial charge in [-0.3, -0.25) is 0 Å². The van der Waals surface area contributed by atoms with Crippen LogP contribution in [0.1, 0.15) is 38.0 Å². The van der Waals surface area contributed by atoms with Crippen LogP contribution >= 0.6 is 11.8 Å². The highest BCUT2D eigenvalue weighted by Gasteiger charge is 2.13. The van der Waals surface area contributed by atoms with Crippen molar-refractivity contribution in [2.75, 3.05) is 5.73 Å². The maximum absolute atomic E-state index is 5.66. The number of anilines is 1. The molecule has 4 nitrogen and oxygen atoms in total. The first-order valence-corrected chi connectivity index (χ1v) is 7.71. The van der Waals surface area contributed by atoms with Gasteiger partial charge in [0.15, 0.2) is 5.82 Å². The second kappa shape index (κ2) is 6.31. The monoisotopic (exact) mass is 291 g/mol. The summed E-state index contributed by atoms with van der Waals surface area (Å²) in [6, 6.07) is 7.88. The number of nitrogen functional groups attached to an aromatic ring is 1. The van der Waals surface area contributed by atoms with Crippen molar-refractivity contribution in [3.05, 3.63) is 41.5 Å². The van der Waals surface area contributed by atoms with E-state index in [4.69, 9.17) is 10.3 Å². The van der Waals surface area contributed by atoms with Gasteiger partial charge in [-0.2, -0.15) is 4.98 Å². The molecule has 20 heavy (non-hydrogen) atoms. The third kappa shape index (κ3) is 4.89. The number of nitrogens with zero attached hydrogens (tertiary/aromatic N) is 2. The predicted octanol–water partition coefficient (Wildman–Crippen LogP) is 3.47. The lowest BCUT2D eigenvalue weighted by Crippen LogP contribution is -2.07. The molecule has 1 aromatic heterocycles. The van der Waals surface area contributed by atoms with Gasteiger partial charge in [0, 0.05) is 16.9 Å². The standard InChI is InChI=1S/C15H21N3OS/c1-15(2,3)20-10-13-17-14(19-18-13)9-6-11-4-7-12(16)8-5-11/h4-5,7-8H,6,9-10,16H2,1-3H3. The molecule has 0 aliphatic carbocycles. The van der Waals surface area contributed by atoms with Crippen molar-refractivity contribution in [2.24, 2.45) is 0 Å². The molecule has 2 rings (SSSR count). The molecule has 0 amide bonds. The van der Waals surface area contributed by atoms with Crippen molar-refractivity contribution < 1.29 is 4.52 Å². The molecule has 0 fully saturated rings. The summed E-state index contributed by atoms with van der Waals surface area (Å²) >= 11 is 1.82. The minimum atomic E-state index is 0.213. The van der Waals surface area contributed by atoms with Gasteiger partial charge < -0.3 is 10.3 Å². The molecule has 1 heterocycles. The summed E-state index contributed by atoms with van der Waals surface area (Å²) in [5.74, 6) is 2.26. The van der Waals surface area contributed by atoms with Crippen LogP contribution in [0.15, 0.2) is 28.8 Å². The van der Waals surface area contributed by atoms with E-state index < -0.39 is 0 Å². The van der Waals surface area contributed by atoms with Crippen LogP contribution in [0.3, 0.4) is 0 Å². The van der Waals surface area contributed by atoms with Gasteiger partial charge in [-0.25, -0.2) is 0 Å². The largest absolute Gasteiger partial charge is 0.399 e. The molecular formula is C15H21N3OS. The molecule has 108 valence electrons. The minimum Gasteiger partial charge on any atom is -0.399 e. The van der Waals surface area contributed by atoms with Crippen LogP contribution in [-0.2, 0) is 18.6 Å². The highest BCUT2D eigenvalue weighted by Crippen LogP contribution is 2.26. The van der Waals surface area contributed by atoms with E-state index in [2.05, 4.69) is 30.9 Å². The van der Waals surface area contributed by atoms with Gasteiger partial charge in [0.05, 0.1) is 5.75 Å². The van der Waals surface area contributed by atoms with E-state index in [1.165, 1.54) is 5.56 Å². The molecule has 0 radical (unpaired) electrons. The fourth-order valence-corrected chi connectivity index (χ4v) is 2.35. The maximum atomic E-state index is 5.66. The summed E-state index contributed by atoms with van der Waals surface area (Å²) in [4.78, 5) is 4.42. The lowest BCUT2D eigenvalue weighted by atomic mass is 10.1. The van der Waals surface area contributed by atoms with E-state index in [0.717, 1.165) is 30.1 Å². The Bertz CT molecular complexity index is 543. The number of aromatic nitrogens is 2. The van der Waals surface area contributed by atoms with Gasteiger partial charge in [-0.05, 0) is 24.1 Å². The number of thioether (sulfide) groups is 1. The predicted molar refractivity (Wildman–Crippen MR) is 83.6 cm³/mol. The van der Waals surface area contributed by atoms with E-state index >= 15 is 0 Å². The van der Waals surface area contributed by atoms with Crippen LogP contribution < -0.4 is 5.73 Å². The zero-order valence-electron chi connectivity index (χ0n) is 12.2. The Balaban J connectivity index is 1.85. The van der Waals surface area contributed by atoms with E-state index in [1.807, 2.05) is 36.0 Å². The SMILES string of the molecule is CC(C)(C)SCc1noc(CCc2ccc(N)cc2)n1. The lowest BCUT2D eigenvalue weighted by Gasteiger charge is -2.15.